The first-order valence-electron chi connectivity index (χ1n) is 4.76. The third-order valence-electron chi connectivity index (χ3n) is 2.15. The lowest BCUT2D eigenvalue weighted by atomic mass is 10.3. The van der Waals surface area contributed by atoms with E-state index in [1.54, 1.807) is 0 Å². The van der Waals surface area contributed by atoms with Crippen molar-refractivity contribution in [3.05, 3.63) is 29.8 Å². The fourth-order valence-electron chi connectivity index (χ4n) is 1.37. The van der Waals surface area contributed by atoms with Gasteiger partial charge in [-0.15, -0.1) is 12.4 Å². The fraction of sp³-hybridized carbons (Fsp3) is 0.300. The summed E-state index contributed by atoms with van der Waals surface area (Å²) < 4.78 is 25.7. The number of anilines is 1. The van der Waals surface area contributed by atoms with E-state index in [-0.39, 0.29) is 18.1 Å². The molecule has 0 amide bonds. The average Bonchev–Trinajstić information content (AvgIpc) is 2.69. The van der Waals surface area contributed by atoms with E-state index in [9.17, 15) is 8.78 Å². The molecule has 3 nitrogen and oxygen atoms in total. The van der Waals surface area contributed by atoms with Gasteiger partial charge in [-0.3, -0.25) is 15.8 Å². The SMILES string of the molecule is Cl.Fc1ccc(NNC2=NCCC2)c(F)c1. The average molecular weight is 248 g/mol. The van der Waals surface area contributed by atoms with Crippen LogP contribution in [0, 0.1) is 11.6 Å². The van der Waals surface area contributed by atoms with Crippen molar-refractivity contribution in [2.24, 2.45) is 4.99 Å². The number of nitrogens with one attached hydrogen (secondary N) is 2. The van der Waals surface area contributed by atoms with Crippen LogP contribution in [-0.4, -0.2) is 12.4 Å². The Hall–Kier alpha value is -1.36. The Balaban J connectivity index is 0.00000128. The van der Waals surface area contributed by atoms with Crippen molar-refractivity contribution in [3.8, 4) is 0 Å². The molecule has 0 spiro atoms. The highest BCUT2D eigenvalue weighted by Gasteiger charge is 2.07. The van der Waals surface area contributed by atoms with Crippen molar-refractivity contribution < 1.29 is 8.78 Å². The summed E-state index contributed by atoms with van der Waals surface area (Å²) >= 11 is 0. The van der Waals surface area contributed by atoms with Crippen molar-refractivity contribution in [2.75, 3.05) is 12.0 Å². The van der Waals surface area contributed by atoms with Gasteiger partial charge < -0.3 is 0 Å². The molecule has 0 aliphatic carbocycles. The predicted molar refractivity (Wildman–Crippen MR) is 61.9 cm³/mol. The van der Waals surface area contributed by atoms with Crippen molar-refractivity contribution >= 4 is 23.9 Å². The van der Waals surface area contributed by atoms with Gasteiger partial charge in [-0.25, -0.2) is 8.78 Å². The quantitative estimate of drug-likeness (QED) is 0.788. The minimum atomic E-state index is -0.624. The van der Waals surface area contributed by atoms with E-state index in [0.29, 0.717) is 0 Å². The maximum absolute atomic E-state index is 13.1. The van der Waals surface area contributed by atoms with E-state index >= 15 is 0 Å². The van der Waals surface area contributed by atoms with Crippen molar-refractivity contribution in [3.63, 3.8) is 0 Å². The van der Waals surface area contributed by atoms with Crippen molar-refractivity contribution in [1.82, 2.24) is 5.43 Å². The van der Waals surface area contributed by atoms with E-state index in [4.69, 9.17) is 0 Å². The summed E-state index contributed by atoms with van der Waals surface area (Å²) in [4.78, 5) is 4.14. The van der Waals surface area contributed by atoms with Gasteiger partial charge in [0.15, 0.2) is 5.82 Å². The van der Waals surface area contributed by atoms with Gasteiger partial charge in [0.2, 0.25) is 0 Å². The molecule has 0 unspecified atom stereocenters. The lowest BCUT2D eigenvalue weighted by Crippen LogP contribution is -2.28. The molecule has 1 aliphatic rings. The Morgan fingerprint density at radius 1 is 1.19 bits per heavy atom. The summed E-state index contributed by atoms with van der Waals surface area (Å²) in [7, 11) is 0. The number of hydrazine groups is 1. The maximum Gasteiger partial charge on any atom is 0.150 e. The molecule has 1 aromatic rings. The van der Waals surface area contributed by atoms with Gasteiger partial charge in [0.25, 0.3) is 0 Å². The first kappa shape index (κ1) is 12.7. The summed E-state index contributed by atoms with van der Waals surface area (Å²) in [5, 5.41) is 0. The third-order valence-corrected chi connectivity index (χ3v) is 2.15. The van der Waals surface area contributed by atoms with Crippen LogP contribution in [0.2, 0.25) is 0 Å². The van der Waals surface area contributed by atoms with Gasteiger partial charge in [-0.05, 0) is 18.6 Å². The number of nitrogens with zero attached hydrogens (tertiary/aromatic N) is 1. The highest BCUT2D eigenvalue weighted by atomic mass is 35.5. The van der Waals surface area contributed by atoms with Crippen molar-refractivity contribution in [1.29, 1.82) is 0 Å². The van der Waals surface area contributed by atoms with E-state index in [1.165, 1.54) is 12.1 Å². The molecule has 0 fully saturated rings. The Labute approximate surface area is 98.3 Å². The number of hydrogen-bond acceptors (Lipinski definition) is 3. The van der Waals surface area contributed by atoms with E-state index in [2.05, 4.69) is 15.8 Å². The summed E-state index contributed by atoms with van der Waals surface area (Å²) in [6, 6.07) is 3.37. The second-order valence-electron chi connectivity index (χ2n) is 3.31. The molecule has 6 heteroatoms. The lowest BCUT2D eigenvalue weighted by Gasteiger charge is -2.09. The van der Waals surface area contributed by atoms with Gasteiger partial charge in [0.05, 0.1) is 5.69 Å². The van der Waals surface area contributed by atoms with E-state index in [1.807, 2.05) is 0 Å². The molecule has 0 bridgehead atoms. The third kappa shape index (κ3) is 3.06. The number of rotatable bonds is 2. The Bertz CT molecular complexity index is 396. The highest BCUT2D eigenvalue weighted by Crippen LogP contribution is 2.14. The van der Waals surface area contributed by atoms with E-state index < -0.39 is 11.6 Å². The number of hydrogen-bond donors (Lipinski definition) is 2. The van der Waals surface area contributed by atoms with Crippen LogP contribution in [0.1, 0.15) is 12.8 Å². The monoisotopic (exact) mass is 247 g/mol. The Morgan fingerprint density at radius 3 is 2.62 bits per heavy atom. The molecule has 1 heterocycles. The number of benzene rings is 1. The molecule has 0 aromatic heterocycles. The smallest absolute Gasteiger partial charge is 0.150 e. The standard InChI is InChI=1S/C10H11F2N3.ClH/c11-7-3-4-9(8(12)6-7)14-15-10-2-1-5-13-10;/h3-4,6,14H,1-2,5H2,(H,13,15);1H. The fourth-order valence-corrected chi connectivity index (χ4v) is 1.37. The maximum atomic E-state index is 13.1. The van der Waals surface area contributed by atoms with Crippen LogP contribution < -0.4 is 10.9 Å². The zero-order chi connectivity index (χ0) is 10.7. The van der Waals surface area contributed by atoms with Crippen LogP contribution in [0.15, 0.2) is 23.2 Å². The molecule has 2 rings (SSSR count). The van der Waals surface area contributed by atoms with Crippen LogP contribution in [0.25, 0.3) is 0 Å². The van der Waals surface area contributed by atoms with Gasteiger partial charge in [0, 0.05) is 19.0 Å². The molecule has 16 heavy (non-hydrogen) atoms. The zero-order valence-electron chi connectivity index (χ0n) is 8.46. The van der Waals surface area contributed by atoms with Gasteiger partial charge >= 0.3 is 0 Å². The minimum Gasteiger partial charge on any atom is -0.297 e. The van der Waals surface area contributed by atoms with Gasteiger partial charge in [0.1, 0.15) is 11.7 Å². The number of halogens is 3. The van der Waals surface area contributed by atoms with E-state index in [0.717, 1.165) is 31.3 Å². The summed E-state index contributed by atoms with van der Waals surface area (Å²) in [6.45, 7) is 0.802. The minimum absolute atomic E-state index is 0. The van der Waals surface area contributed by atoms with Crippen LogP contribution in [0.5, 0.6) is 0 Å². The van der Waals surface area contributed by atoms with Crippen molar-refractivity contribution in [2.45, 2.75) is 12.8 Å². The Morgan fingerprint density at radius 2 is 2.00 bits per heavy atom. The molecule has 0 atom stereocenters. The Kier molecular flexibility index (Phi) is 4.49. The van der Waals surface area contributed by atoms with Gasteiger partial charge in [-0.2, -0.15) is 0 Å². The number of aliphatic imine (C=N–C) groups is 1. The summed E-state index contributed by atoms with van der Waals surface area (Å²) in [6.07, 6.45) is 1.87. The molecule has 1 aromatic carbocycles. The normalized spacial score (nSPS) is 14.0. The van der Waals surface area contributed by atoms with Crippen LogP contribution in [-0.2, 0) is 0 Å². The second-order valence-corrected chi connectivity index (χ2v) is 3.31. The molecule has 0 radical (unpaired) electrons. The lowest BCUT2D eigenvalue weighted by molar-refractivity contribution is 0.584. The molecule has 0 saturated carbocycles. The summed E-state index contributed by atoms with van der Waals surface area (Å²) in [5.41, 5.74) is 5.67. The van der Waals surface area contributed by atoms with Crippen LogP contribution in [0.4, 0.5) is 14.5 Å². The first-order valence-corrected chi connectivity index (χ1v) is 4.76. The van der Waals surface area contributed by atoms with Crippen LogP contribution >= 0.6 is 12.4 Å². The molecule has 88 valence electrons. The van der Waals surface area contributed by atoms with Crippen LogP contribution in [0.3, 0.4) is 0 Å². The predicted octanol–water partition coefficient (Wildman–Crippen LogP) is 2.50. The molecule has 2 N–H and O–H groups in total. The molecular weight excluding hydrogens is 236 g/mol. The summed E-state index contributed by atoms with van der Waals surface area (Å²) in [5.74, 6) is -0.406. The molecular formula is C10H12ClF2N3. The largest absolute Gasteiger partial charge is 0.297 e. The second kappa shape index (κ2) is 5.65. The molecule has 1 aliphatic heterocycles. The first-order chi connectivity index (χ1) is 7.25. The topological polar surface area (TPSA) is 36.4 Å². The van der Waals surface area contributed by atoms with Gasteiger partial charge in [-0.1, -0.05) is 0 Å². The number of amidine groups is 1. The zero-order valence-corrected chi connectivity index (χ0v) is 9.28. The molecule has 0 saturated heterocycles. The highest BCUT2D eigenvalue weighted by molar-refractivity contribution is 5.85.